The summed E-state index contributed by atoms with van der Waals surface area (Å²) in [6.45, 7) is 1.71. The highest BCUT2D eigenvalue weighted by atomic mass is 16.5. The molecule has 0 radical (unpaired) electrons. The predicted molar refractivity (Wildman–Crippen MR) is 72.1 cm³/mol. The van der Waals surface area contributed by atoms with Crippen molar-refractivity contribution in [3.63, 3.8) is 0 Å². The van der Waals surface area contributed by atoms with Crippen molar-refractivity contribution in [3.8, 4) is 22.8 Å². The third-order valence-corrected chi connectivity index (χ3v) is 3.07. The molecule has 1 aromatic carbocycles. The van der Waals surface area contributed by atoms with Crippen molar-refractivity contribution in [2.75, 3.05) is 7.11 Å². The minimum Gasteiger partial charge on any atom is -0.496 e. The number of ether oxygens (including phenoxy) is 1. The molecule has 5 nitrogen and oxygen atoms in total. The maximum absolute atomic E-state index is 11.9. The number of hydrogen-bond donors (Lipinski definition) is 1. The molecule has 3 rings (SSSR count). The van der Waals surface area contributed by atoms with E-state index in [0.717, 1.165) is 17.0 Å². The molecule has 0 amide bonds. The van der Waals surface area contributed by atoms with Crippen LogP contribution in [0.1, 0.15) is 5.69 Å². The lowest BCUT2D eigenvalue weighted by molar-refractivity contribution is 0.416. The Balaban J connectivity index is 2.24. The number of hydrogen-bond acceptors (Lipinski definition) is 3. The molecule has 0 bridgehead atoms. The van der Waals surface area contributed by atoms with E-state index < -0.39 is 0 Å². The number of rotatable bonds is 2. The Morgan fingerprint density at radius 3 is 2.89 bits per heavy atom. The Morgan fingerprint density at radius 2 is 2.11 bits per heavy atom. The molecular formula is C14H13N3O2. The van der Waals surface area contributed by atoms with Crippen molar-refractivity contribution in [1.82, 2.24) is 14.5 Å². The number of methoxy groups -OCH3 is 1. The Bertz CT molecular complexity index is 758. The number of imidazole rings is 1. The summed E-state index contributed by atoms with van der Waals surface area (Å²) in [4.78, 5) is 19.2. The van der Waals surface area contributed by atoms with Crippen molar-refractivity contribution < 1.29 is 4.74 Å². The van der Waals surface area contributed by atoms with Gasteiger partial charge in [-0.3, -0.25) is 9.36 Å². The van der Waals surface area contributed by atoms with E-state index in [1.807, 2.05) is 24.3 Å². The SMILES string of the molecule is COc1ccccc1-c1cn2c(=O)c(C)nc-2c[nH]1. The van der Waals surface area contributed by atoms with Crippen LogP contribution in [-0.4, -0.2) is 21.6 Å². The quantitative estimate of drug-likeness (QED) is 0.761. The Kier molecular flexibility index (Phi) is 2.59. The van der Waals surface area contributed by atoms with Gasteiger partial charge in [-0.05, 0) is 19.1 Å². The summed E-state index contributed by atoms with van der Waals surface area (Å²) >= 11 is 0. The molecular weight excluding hydrogens is 242 g/mol. The second-order valence-electron chi connectivity index (χ2n) is 4.26. The number of aromatic amines is 1. The zero-order valence-corrected chi connectivity index (χ0v) is 10.7. The Labute approximate surface area is 109 Å². The summed E-state index contributed by atoms with van der Waals surface area (Å²) < 4.78 is 6.86. The van der Waals surface area contributed by atoms with Crippen LogP contribution in [0.4, 0.5) is 0 Å². The van der Waals surface area contributed by atoms with Crippen molar-refractivity contribution in [2.45, 2.75) is 6.92 Å². The van der Waals surface area contributed by atoms with E-state index in [1.165, 1.54) is 4.57 Å². The first-order valence-electron chi connectivity index (χ1n) is 5.91. The number of H-pyrrole nitrogens is 1. The number of nitrogens with zero attached hydrogens (tertiary/aromatic N) is 2. The number of nitrogens with one attached hydrogen (secondary N) is 1. The molecule has 0 aliphatic carbocycles. The van der Waals surface area contributed by atoms with Crippen molar-refractivity contribution in [3.05, 3.63) is 52.7 Å². The fraction of sp³-hybridized carbons (Fsp3) is 0.143. The largest absolute Gasteiger partial charge is 0.496 e. The monoisotopic (exact) mass is 255 g/mol. The van der Waals surface area contributed by atoms with E-state index >= 15 is 0 Å². The van der Waals surface area contributed by atoms with Crippen molar-refractivity contribution in [2.24, 2.45) is 0 Å². The molecule has 2 heterocycles. The molecule has 0 spiro atoms. The van der Waals surface area contributed by atoms with Crippen LogP contribution < -0.4 is 10.3 Å². The van der Waals surface area contributed by atoms with Crippen LogP contribution in [-0.2, 0) is 0 Å². The highest BCUT2D eigenvalue weighted by Crippen LogP contribution is 2.28. The summed E-state index contributed by atoms with van der Waals surface area (Å²) in [6.07, 6.45) is 3.46. The number of fused-ring (bicyclic) bond motifs is 1. The van der Waals surface area contributed by atoms with Gasteiger partial charge in [-0.25, -0.2) is 4.98 Å². The van der Waals surface area contributed by atoms with Gasteiger partial charge in [-0.2, -0.15) is 0 Å². The fourth-order valence-electron chi connectivity index (χ4n) is 2.10. The van der Waals surface area contributed by atoms with Crippen LogP contribution in [0.5, 0.6) is 5.75 Å². The normalized spacial score (nSPS) is 10.8. The van der Waals surface area contributed by atoms with Crippen LogP contribution in [0.25, 0.3) is 17.1 Å². The topological polar surface area (TPSA) is 59.9 Å². The van der Waals surface area contributed by atoms with Crippen LogP contribution >= 0.6 is 0 Å². The lowest BCUT2D eigenvalue weighted by atomic mass is 10.1. The summed E-state index contributed by atoms with van der Waals surface area (Å²) in [6, 6.07) is 7.64. The number of aromatic nitrogens is 3. The molecule has 1 aromatic rings. The minimum atomic E-state index is -0.0971. The summed E-state index contributed by atoms with van der Waals surface area (Å²) in [5, 5.41) is 0. The van der Waals surface area contributed by atoms with E-state index in [4.69, 9.17) is 4.74 Å². The average Bonchev–Trinajstić information content (AvgIpc) is 2.74. The summed E-state index contributed by atoms with van der Waals surface area (Å²) in [5.41, 5.74) is 2.10. The van der Waals surface area contributed by atoms with Gasteiger partial charge in [0.05, 0.1) is 12.8 Å². The smallest absolute Gasteiger partial charge is 0.277 e. The molecule has 0 atom stereocenters. The molecule has 0 fully saturated rings. The van der Waals surface area contributed by atoms with Gasteiger partial charge in [0.25, 0.3) is 5.56 Å². The molecule has 0 saturated heterocycles. The van der Waals surface area contributed by atoms with Crippen LogP contribution in [0.15, 0.2) is 41.5 Å². The third kappa shape index (κ3) is 1.79. The second kappa shape index (κ2) is 4.28. The van der Waals surface area contributed by atoms with Crippen molar-refractivity contribution >= 4 is 0 Å². The molecule has 0 unspecified atom stereocenters. The first-order valence-corrected chi connectivity index (χ1v) is 5.91. The van der Waals surface area contributed by atoms with E-state index in [-0.39, 0.29) is 5.56 Å². The molecule has 2 aliphatic rings. The van der Waals surface area contributed by atoms with Gasteiger partial charge in [-0.15, -0.1) is 0 Å². The van der Waals surface area contributed by atoms with Gasteiger partial charge in [0, 0.05) is 18.0 Å². The number of benzene rings is 1. The number of aryl methyl sites for hydroxylation is 1. The first-order chi connectivity index (χ1) is 9.20. The van der Waals surface area contributed by atoms with Crippen LogP contribution in [0.2, 0.25) is 0 Å². The first kappa shape index (κ1) is 11.5. The number of para-hydroxylation sites is 1. The molecule has 0 aromatic heterocycles. The zero-order chi connectivity index (χ0) is 13.4. The molecule has 5 heteroatoms. The maximum atomic E-state index is 11.9. The van der Waals surface area contributed by atoms with Gasteiger partial charge in [0.1, 0.15) is 11.4 Å². The fourth-order valence-corrected chi connectivity index (χ4v) is 2.10. The standard InChI is InChI=1S/C14H13N3O2/c1-9-14(18)17-8-11(15-7-13(17)16-9)10-5-3-4-6-12(10)19-2/h3-8,15H,1-2H3. The minimum absolute atomic E-state index is 0.0971. The molecule has 2 aliphatic heterocycles. The van der Waals surface area contributed by atoms with Gasteiger partial charge in [0.2, 0.25) is 0 Å². The van der Waals surface area contributed by atoms with Gasteiger partial charge < -0.3 is 9.72 Å². The molecule has 1 N–H and O–H groups in total. The van der Waals surface area contributed by atoms with Crippen molar-refractivity contribution in [1.29, 1.82) is 0 Å². The van der Waals surface area contributed by atoms with E-state index in [2.05, 4.69) is 9.97 Å². The summed E-state index contributed by atoms with van der Waals surface area (Å²) in [5.74, 6) is 1.36. The highest BCUT2D eigenvalue weighted by molar-refractivity contribution is 5.66. The lowest BCUT2D eigenvalue weighted by Crippen LogP contribution is -2.13. The second-order valence-corrected chi connectivity index (χ2v) is 4.26. The summed E-state index contributed by atoms with van der Waals surface area (Å²) in [7, 11) is 1.62. The molecule has 19 heavy (non-hydrogen) atoms. The third-order valence-electron chi connectivity index (χ3n) is 3.07. The van der Waals surface area contributed by atoms with E-state index in [9.17, 15) is 4.79 Å². The van der Waals surface area contributed by atoms with E-state index in [0.29, 0.717) is 11.5 Å². The maximum Gasteiger partial charge on any atom is 0.277 e. The predicted octanol–water partition coefficient (Wildman–Crippen LogP) is 1.98. The van der Waals surface area contributed by atoms with Crippen LogP contribution in [0.3, 0.4) is 0 Å². The van der Waals surface area contributed by atoms with E-state index in [1.54, 1.807) is 26.4 Å². The molecule has 0 saturated carbocycles. The Hall–Kier alpha value is -2.56. The molecule has 96 valence electrons. The average molecular weight is 255 g/mol. The van der Waals surface area contributed by atoms with Gasteiger partial charge in [-0.1, -0.05) is 12.1 Å². The van der Waals surface area contributed by atoms with Crippen LogP contribution in [0, 0.1) is 6.92 Å². The van der Waals surface area contributed by atoms with Gasteiger partial charge in [0.15, 0.2) is 5.82 Å². The lowest BCUT2D eigenvalue weighted by Gasteiger charge is -2.10. The highest BCUT2D eigenvalue weighted by Gasteiger charge is 2.13. The zero-order valence-electron chi connectivity index (χ0n) is 10.7. The Morgan fingerprint density at radius 1 is 1.32 bits per heavy atom. The van der Waals surface area contributed by atoms with Gasteiger partial charge >= 0.3 is 0 Å².